The number of nitrogens with zero attached hydrogens (tertiary/aromatic N) is 1. The summed E-state index contributed by atoms with van der Waals surface area (Å²) in [7, 11) is 0. The summed E-state index contributed by atoms with van der Waals surface area (Å²) in [6.45, 7) is 5.15. The molecule has 0 saturated carbocycles. The first kappa shape index (κ1) is 12.9. The zero-order chi connectivity index (χ0) is 13.1. The first-order chi connectivity index (χ1) is 8.58. The zero-order valence-electron chi connectivity index (χ0n) is 11.0. The Hall–Kier alpha value is -1.55. The van der Waals surface area contributed by atoms with Crippen molar-refractivity contribution in [3.05, 3.63) is 24.3 Å². The molecule has 2 unspecified atom stereocenters. The third kappa shape index (κ3) is 2.82. The largest absolute Gasteiger partial charge is 0.399 e. The second kappa shape index (κ2) is 5.40. The number of anilines is 2. The Morgan fingerprint density at radius 3 is 2.94 bits per heavy atom. The quantitative estimate of drug-likeness (QED) is 0.804. The molecule has 1 aromatic rings. The molecule has 1 amide bonds. The molecule has 4 heteroatoms. The summed E-state index contributed by atoms with van der Waals surface area (Å²) in [5.74, 6) is 0.0364. The minimum atomic E-state index is -0.0936. The van der Waals surface area contributed by atoms with Crippen LogP contribution in [0.5, 0.6) is 0 Å². The van der Waals surface area contributed by atoms with E-state index in [0.29, 0.717) is 11.7 Å². The highest BCUT2D eigenvalue weighted by molar-refractivity contribution is 5.94. The van der Waals surface area contributed by atoms with Crippen molar-refractivity contribution < 1.29 is 4.79 Å². The average molecular weight is 247 g/mol. The van der Waals surface area contributed by atoms with Gasteiger partial charge in [0.2, 0.25) is 5.91 Å². The van der Waals surface area contributed by atoms with Crippen LogP contribution in [0.4, 0.5) is 11.4 Å². The number of hydrogen-bond acceptors (Lipinski definition) is 3. The molecule has 1 aliphatic heterocycles. The van der Waals surface area contributed by atoms with Gasteiger partial charge in [-0.1, -0.05) is 6.07 Å². The lowest BCUT2D eigenvalue weighted by Gasteiger charge is -2.27. The van der Waals surface area contributed by atoms with E-state index in [1.54, 1.807) is 6.07 Å². The van der Waals surface area contributed by atoms with E-state index in [1.165, 1.54) is 12.8 Å². The van der Waals surface area contributed by atoms with E-state index in [1.807, 2.05) is 25.1 Å². The number of likely N-dealkylation sites (tertiary alicyclic amines) is 1. The molecule has 18 heavy (non-hydrogen) atoms. The summed E-state index contributed by atoms with van der Waals surface area (Å²) in [4.78, 5) is 14.4. The maximum atomic E-state index is 12.2. The standard InChI is InChI=1S/C14H21N3O/c1-10-5-4-8-17(10)11(2)14(18)16-13-7-3-6-12(15)9-13/h3,6-7,9-11H,4-5,8,15H2,1-2H3,(H,16,18). The molecule has 1 fully saturated rings. The van der Waals surface area contributed by atoms with Gasteiger partial charge < -0.3 is 11.1 Å². The number of benzene rings is 1. The number of rotatable bonds is 3. The Bertz CT molecular complexity index is 433. The second-order valence-electron chi connectivity index (χ2n) is 5.02. The Balaban J connectivity index is 1.99. The van der Waals surface area contributed by atoms with Crippen LogP contribution < -0.4 is 11.1 Å². The molecule has 2 rings (SSSR count). The minimum Gasteiger partial charge on any atom is -0.399 e. The van der Waals surface area contributed by atoms with Crippen molar-refractivity contribution in [3.63, 3.8) is 0 Å². The third-order valence-corrected chi connectivity index (χ3v) is 3.64. The first-order valence-electron chi connectivity index (χ1n) is 6.50. The molecule has 4 nitrogen and oxygen atoms in total. The van der Waals surface area contributed by atoms with Crippen molar-refractivity contribution in [2.24, 2.45) is 0 Å². The van der Waals surface area contributed by atoms with Crippen LogP contribution in [0.25, 0.3) is 0 Å². The Labute approximate surface area is 108 Å². The first-order valence-corrected chi connectivity index (χ1v) is 6.50. The molecule has 2 atom stereocenters. The molecule has 3 N–H and O–H groups in total. The van der Waals surface area contributed by atoms with Gasteiger partial charge in [-0.15, -0.1) is 0 Å². The van der Waals surface area contributed by atoms with Crippen molar-refractivity contribution >= 4 is 17.3 Å². The number of hydrogen-bond donors (Lipinski definition) is 2. The number of nitrogens with one attached hydrogen (secondary N) is 1. The lowest BCUT2D eigenvalue weighted by atomic mass is 10.2. The van der Waals surface area contributed by atoms with Gasteiger partial charge >= 0.3 is 0 Å². The Kier molecular flexibility index (Phi) is 3.87. The van der Waals surface area contributed by atoms with Crippen LogP contribution in [0.2, 0.25) is 0 Å². The van der Waals surface area contributed by atoms with Crippen molar-refractivity contribution in [1.29, 1.82) is 0 Å². The molecule has 0 aromatic heterocycles. The number of carbonyl (C=O) groups is 1. The Morgan fingerprint density at radius 1 is 1.56 bits per heavy atom. The van der Waals surface area contributed by atoms with Crippen molar-refractivity contribution in [2.45, 2.75) is 38.8 Å². The van der Waals surface area contributed by atoms with E-state index in [4.69, 9.17) is 5.73 Å². The van der Waals surface area contributed by atoms with Crippen molar-refractivity contribution in [2.75, 3.05) is 17.6 Å². The number of nitrogens with two attached hydrogens (primary N) is 1. The smallest absolute Gasteiger partial charge is 0.241 e. The number of amides is 1. The highest BCUT2D eigenvalue weighted by Gasteiger charge is 2.29. The van der Waals surface area contributed by atoms with Crippen LogP contribution in [-0.2, 0) is 4.79 Å². The monoisotopic (exact) mass is 247 g/mol. The molecule has 1 aromatic carbocycles. The van der Waals surface area contributed by atoms with Gasteiger partial charge in [0, 0.05) is 17.4 Å². The van der Waals surface area contributed by atoms with Gasteiger partial charge in [0.25, 0.3) is 0 Å². The lowest BCUT2D eigenvalue weighted by Crippen LogP contribution is -2.43. The summed E-state index contributed by atoms with van der Waals surface area (Å²) in [6.07, 6.45) is 2.35. The predicted octanol–water partition coefficient (Wildman–Crippen LogP) is 2.08. The van der Waals surface area contributed by atoms with Crippen molar-refractivity contribution in [3.8, 4) is 0 Å². The number of nitrogen functional groups attached to an aromatic ring is 1. The topological polar surface area (TPSA) is 58.4 Å². The maximum absolute atomic E-state index is 12.2. The summed E-state index contributed by atoms with van der Waals surface area (Å²) in [5, 5.41) is 2.92. The molecule has 0 radical (unpaired) electrons. The molecular weight excluding hydrogens is 226 g/mol. The molecule has 0 aliphatic carbocycles. The summed E-state index contributed by atoms with van der Waals surface area (Å²) in [5.41, 5.74) is 7.12. The molecule has 1 heterocycles. The van der Waals surface area contributed by atoms with Crippen LogP contribution in [0.15, 0.2) is 24.3 Å². The van der Waals surface area contributed by atoms with Gasteiger partial charge in [0.05, 0.1) is 6.04 Å². The predicted molar refractivity (Wildman–Crippen MR) is 74.3 cm³/mol. The van der Waals surface area contributed by atoms with Gasteiger partial charge in [-0.05, 0) is 51.4 Å². The molecule has 98 valence electrons. The fraction of sp³-hybridized carbons (Fsp3) is 0.500. The van der Waals surface area contributed by atoms with E-state index in [2.05, 4.69) is 17.1 Å². The summed E-state index contributed by atoms with van der Waals surface area (Å²) in [6, 6.07) is 7.68. The number of carbonyl (C=O) groups excluding carboxylic acids is 1. The second-order valence-corrected chi connectivity index (χ2v) is 5.02. The lowest BCUT2D eigenvalue weighted by molar-refractivity contribution is -0.121. The van der Waals surface area contributed by atoms with Crippen molar-refractivity contribution in [1.82, 2.24) is 4.90 Å². The van der Waals surface area contributed by atoms with Crippen LogP contribution >= 0.6 is 0 Å². The van der Waals surface area contributed by atoms with Crippen LogP contribution in [-0.4, -0.2) is 29.4 Å². The van der Waals surface area contributed by atoms with Crippen LogP contribution in [0.1, 0.15) is 26.7 Å². The molecule has 0 spiro atoms. The highest BCUT2D eigenvalue weighted by atomic mass is 16.2. The van der Waals surface area contributed by atoms with Crippen LogP contribution in [0, 0.1) is 0 Å². The van der Waals surface area contributed by atoms with Gasteiger partial charge in [0.15, 0.2) is 0 Å². The van der Waals surface area contributed by atoms with E-state index < -0.39 is 0 Å². The van der Waals surface area contributed by atoms with Gasteiger partial charge in [0.1, 0.15) is 0 Å². The fourth-order valence-corrected chi connectivity index (χ4v) is 2.54. The molecule has 1 saturated heterocycles. The highest BCUT2D eigenvalue weighted by Crippen LogP contribution is 2.20. The van der Waals surface area contributed by atoms with Gasteiger partial charge in [-0.25, -0.2) is 0 Å². The third-order valence-electron chi connectivity index (χ3n) is 3.64. The molecular formula is C14H21N3O. The molecule has 0 bridgehead atoms. The summed E-state index contributed by atoms with van der Waals surface area (Å²) < 4.78 is 0. The van der Waals surface area contributed by atoms with Gasteiger partial charge in [-0.3, -0.25) is 9.69 Å². The fourth-order valence-electron chi connectivity index (χ4n) is 2.54. The maximum Gasteiger partial charge on any atom is 0.241 e. The van der Waals surface area contributed by atoms with E-state index >= 15 is 0 Å². The van der Waals surface area contributed by atoms with Crippen LogP contribution in [0.3, 0.4) is 0 Å². The van der Waals surface area contributed by atoms with Gasteiger partial charge in [-0.2, -0.15) is 0 Å². The zero-order valence-corrected chi connectivity index (χ0v) is 11.0. The summed E-state index contributed by atoms with van der Waals surface area (Å²) >= 11 is 0. The minimum absolute atomic E-state index is 0.0364. The van der Waals surface area contributed by atoms with E-state index in [0.717, 1.165) is 12.2 Å². The normalized spacial score (nSPS) is 21.8. The van der Waals surface area contributed by atoms with E-state index in [9.17, 15) is 4.79 Å². The molecule has 1 aliphatic rings. The van der Waals surface area contributed by atoms with E-state index in [-0.39, 0.29) is 11.9 Å². The Morgan fingerprint density at radius 2 is 2.33 bits per heavy atom. The average Bonchev–Trinajstić information content (AvgIpc) is 2.74. The SMILES string of the molecule is CC1CCCN1C(C)C(=O)Nc1cccc(N)c1.